The molecule has 2 aromatic carbocycles. The summed E-state index contributed by atoms with van der Waals surface area (Å²) in [5, 5.41) is 11.2. The molecule has 8 nitrogen and oxygen atoms in total. The summed E-state index contributed by atoms with van der Waals surface area (Å²) >= 11 is 1.61. The molecule has 0 aliphatic carbocycles. The lowest BCUT2D eigenvalue weighted by molar-refractivity contribution is -0.142. The minimum absolute atomic E-state index is 0.253. The molecule has 0 N–H and O–H groups in total. The Morgan fingerprint density at radius 3 is 2.83 bits per heavy atom. The Labute approximate surface area is 206 Å². The Kier molecular flexibility index (Phi) is 6.49. The van der Waals surface area contributed by atoms with Crippen LogP contribution >= 0.6 is 11.3 Å². The van der Waals surface area contributed by atoms with Gasteiger partial charge in [0.2, 0.25) is 0 Å². The fraction of sp³-hybridized carbons (Fsp3) is 0.192. The molecule has 0 fully saturated rings. The molecule has 1 amide bonds. The van der Waals surface area contributed by atoms with Gasteiger partial charge < -0.3 is 9.64 Å². The maximum absolute atomic E-state index is 12.7. The van der Waals surface area contributed by atoms with E-state index in [-0.39, 0.29) is 12.5 Å². The lowest BCUT2D eigenvalue weighted by Crippen LogP contribution is -2.33. The van der Waals surface area contributed by atoms with Crippen molar-refractivity contribution in [1.29, 1.82) is 0 Å². The van der Waals surface area contributed by atoms with Gasteiger partial charge in [-0.2, -0.15) is 0 Å². The maximum atomic E-state index is 12.7. The zero-order valence-corrected chi connectivity index (χ0v) is 19.9. The molecule has 9 heteroatoms. The van der Waals surface area contributed by atoms with Crippen molar-refractivity contribution in [3.63, 3.8) is 0 Å². The molecule has 3 heterocycles. The van der Waals surface area contributed by atoms with E-state index in [1.165, 1.54) is 12.2 Å². The second-order valence-electron chi connectivity index (χ2n) is 8.16. The number of carbonyl (C=O) groups is 2. The highest BCUT2D eigenvalue weighted by molar-refractivity contribution is 7.09. The third-order valence-electron chi connectivity index (χ3n) is 5.66. The Morgan fingerprint density at radius 1 is 1.17 bits per heavy atom. The molecule has 0 spiro atoms. The van der Waals surface area contributed by atoms with Crippen LogP contribution in [0.15, 0.2) is 66.2 Å². The van der Waals surface area contributed by atoms with Crippen LogP contribution < -0.4 is 4.90 Å². The van der Waals surface area contributed by atoms with Crippen molar-refractivity contribution in [2.75, 3.05) is 18.1 Å². The van der Waals surface area contributed by atoms with Gasteiger partial charge in [-0.15, -0.1) is 16.4 Å². The van der Waals surface area contributed by atoms with Crippen molar-refractivity contribution in [3.05, 3.63) is 88.0 Å². The van der Waals surface area contributed by atoms with Crippen LogP contribution in [0.3, 0.4) is 0 Å². The third-order valence-corrected chi connectivity index (χ3v) is 6.44. The second-order valence-corrected chi connectivity index (χ2v) is 9.22. The summed E-state index contributed by atoms with van der Waals surface area (Å²) in [6.45, 7) is 2.80. The molecule has 2 aromatic heterocycles. The Balaban J connectivity index is 1.14. The highest BCUT2D eigenvalue weighted by Gasteiger charge is 2.25. The van der Waals surface area contributed by atoms with Crippen LogP contribution in [0.4, 0.5) is 5.69 Å². The zero-order chi connectivity index (χ0) is 24.2. The van der Waals surface area contributed by atoms with Crippen LogP contribution in [0.5, 0.6) is 0 Å². The first-order valence-electron chi connectivity index (χ1n) is 11.2. The first kappa shape index (κ1) is 22.7. The van der Waals surface area contributed by atoms with Crippen molar-refractivity contribution < 1.29 is 14.3 Å². The number of hydrogen-bond acceptors (Lipinski definition) is 7. The van der Waals surface area contributed by atoms with Gasteiger partial charge in [0, 0.05) is 29.3 Å². The van der Waals surface area contributed by atoms with Gasteiger partial charge in [0.25, 0.3) is 5.91 Å². The van der Waals surface area contributed by atoms with E-state index >= 15 is 0 Å². The van der Waals surface area contributed by atoms with E-state index in [1.54, 1.807) is 27.1 Å². The molecule has 0 radical (unpaired) electrons. The number of fused-ring (bicyclic) bond motifs is 1. The number of esters is 1. The lowest BCUT2D eigenvalue weighted by Gasteiger charge is -2.17. The summed E-state index contributed by atoms with van der Waals surface area (Å²) in [6.07, 6.45) is 5.27. The molecule has 0 atom stereocenters. The number of anilines is 1. The maximum Gasteiger partial charge on any atom is 0.331 e. The number of nitrogens with zero attached hydrogens (tertiary/aromatic N) is 5. The van der Waals surface area contributed by atoms with Gasteiger partial charge in [-0.1, -0.05) is 41.6 Å². The summed E-state index contributed by atoms with van der Waals surface area (Å²) in [6, 6.07) is 15.9. The minimum Gasteiger partial charge on any atom is -0.452 e. The van der Waals surface area contributed by atoms with Crippen LogP contribution in [0.1, 0.15) is 21.8 Å². The SMILES string of the molecule is Cc1nc(-c2ccc3c(c2)CCN3C(=O)COC(=O)C=Cc2cn(Cc3ccccc3)nn2)cs1. The van der Waals surface area contributed by atoms with E-state index in [4.69, 9.17) is 4.74 Å². The first-order valence-corrected chi connectivity index (χ1v) is 12.1. The van der Waals surface area contributed by atoms with Crippen molar-refractivity contribution in [1.82, 2.24) is 20.0 Å². The van der Waals surface area contributed by atoms with Gasteiger partial charge in [-0.25, -0.2) is 14.5 Å². The molecular formula is C26H23N5O3S. The van der Waals surface area contributed by atoms with Crippen LogP contribution in [0.25, 0.3) is 17.3 Å². The topological polar surface area (TPSA) is 90.2 Å². The summed E-state index contributed by atoms with van der Waals surface area (Å²) in [4.78, 5) is 31.0. The number of ether oxygens (including phenoxy) is 1. The molecule has 5 rings (SSSR count). The fourth-order valence-electron chi connectivity index (χ4n) is 3.97. The largest absolute Gasteiger partial charge is 0.452 e. The molecule has 1 aliphatic rings. The zero-order valence-electron chi connectivity index (χ0n) is 19.1. The Hall–Kier alpha value is -4.11. The van der Waals surface area contributed by atoms with Crippen LogP contribution in [-0.4, -0.2) is 45.0 Å². The predicted octanol–water partition coefficient (Wildman–Crippen LogP) is 3.90. The Bertz CT molecular complexity index is 1390. The fourth-order valence-corrected chi connectivity index (χ4v) is 4.59. The smallest absolute Gasteiger partial charge is 0.331 e. The Morgan fingerprint density at radius 2 is 2.03 bits per heavy atom. The first-order chi connectivity index (χ1) is 17.0. The van der Waals surface area contributed by atoms with E-state index < -0.39 is 5.97 Å². The third kappa shape index (κ3) is 5.36. The van der Waals surface area contributed by atoms with Crippen molar-refractivity contribution >= 4 is 35.0 Å². The van der Waals surface area contributed by atoms with E-state index in [0.29, 0.717) is 18.8 Å². The monoisotopic (exact) mass is 485 g/mol. The van der Waals surface area contributed by atoms with Crippen molar-refractivity contribution in [2.45, 2.75) is 19.9 Å². The number of amides is 1. The van der Waals surface area contributed by atoms with Gasteiger partial charge in [-0.05, 0) is 42.7 Å². The number of aromatic nitrogens is 4. The number of benzene rings is 2. The highest BCUT2D eigenvalue weighted by atomic mass is 32.1. The molecule has 0 saturated heterocycles. The molecule has 176 valence electrons. The summed E-state index contributed by atoms with van der Waals surface area (Å²) in [5.74, 6) is -0.860. The van der Waals surface area contributed by atoms with E-state index in [1.807, 2.05) is 54.8 Å². The summed E-state index contributed by atoms with van der Waals surface area (Å²) in [5.41, 5.74) is 5.56. The quantitative estimate of drug-likeness (QED) is 0.291. The van der Waals surface area contributed by atoms with Crippen molar-refractivity contribution in [2.24, 2.45) is 0 Å². The molecule has 0 unspecified atom stereocenters. The number of thiazole rings is 1. The molecule has 0 saturated carbocycles. The second kappa shape index (κ2) is 10.0. The molecule has 35 heavy (non-hydrogen) atoms. The van der Waals surface area contributed by atoms with Crippen LogP contribution in [-0.2, 0) is 27.3 Å². The number of aryl methyl sites for hydroxylation is 1. The number of hydrogen-bond donors (Lipinski definition) is 0. The molecule has 0 bridgehead atoms. The molecule has 1 aliphatic heterocycles. The standard InChI is InChI=1S/C26H23N5O3S/c1-18-27-23(17-35-18)20-7-9-24-21(13-20)11-12-31(24)25(32)16-34-26(33)10-8-22-15-30(29-28-22)14-19-5-3-2-4-6-19/h2-10,13,15,17H,11-12,14,16H2,1H3. The van der Waals surface area contributed by atoms with Crippen molar-refractivity contribution in [3.8, 4) is 11.3 Å². The van der Waals surface area contributed by atoms with Gasteiger partial charge in [0.1, 0.15) is 5.69 Å². The average Bonchev–Trinajstić information content (AvgIpc) is 3.61. The van der Waals surface area contributed by atoms with E-state index in [0.717, 1.165) is 39.5 Å². The number of carbonyl (C=O) groups excluding carboxylic acids is 2. The van der Waals surface area contributed by atoms with Gasteiger partial charge in [0.05, 0.1) is 23.4 Å². The average molecular weight is 486 g/mol. The highest BCUT2D eigenvalue weighted by Crippen LogP contribution is 2.32. The predicted molar refractivity (Wildman–Crippen MR) is 134 cm³/mol. The lowest BCUT2D eigenvalue weighted by atomic mass is 10.1. The molecular weight excluding hydrogens is 462 g/mol. The van der Waals surface area contributed by atoms with E-state index in [2.05, 4.69) is 21.4 Å². The van der Waals surface area contributed by atoms with Gasteiger partial charge in [-0.3, -0.25) is 4.79 Å². The number of rotatable bonds is 7. The summed E-state index contributed by atoms with van der Waals surface area (Å²) in [7, 11) is 0. The molecule has 4 aromatic rings. The van der Waals surface area contributed by atoms with Crippen LogP contribution in [0, 0.1) is 6.92 Å². The van der Waals surface area contributed by atoms with Gasteiger partial charge in [0.15, 0.2) is 6.61 Å². The normalized spacial score (nSPS) is 12.8. The van der Waals surface area contributed by atoms with Gasteiger partial charge >= 0.3 is 5.97 Å². The summed E-state index contributed by atoms with van der Waals surface area (Å²) < 4.78 is 6.86. The van der Waals surface area contributed by atoms with Crippen LogP contribution in [0.2, 0.25) is 0 Å². The minimum atomic E-state index is -0.607. The van der Waals surface area contributed by atoms with E-state index in [9.17, 15) is 9.59 Å².